The Balaban J connectivity index is 2.04. The number of nitrogens with zero attached hydrogens (tertiary/aromatic N) is 1. The Morgan fingerprint density at radius 2 is 1.82 bits per heavy atom. The number of benzene rings is 2. The summed E-state index contributed by atoms with van der Waals surface area (Å²) in [6.07, 6.45) is 0. The van der Waals surface area contributed by atoms with Gasteiger partial charge in [0.1, 0.15) is 11.6 Å². The van der Waals surface area contributed by atoms with E-state index in [0.29, 0.717) is 12.2 Å². The molecule has 2 aromatic carbocycles. The maximum atomic E-state index is 13.1. The van der Waals surface area contributed by atoms with E-state index in [4.69, 9.17) is 0 Å². The third-order valence-corrected chi connectivity index (χ3v) is 2.78. The van der Waals surface area contributed by atoms with Gasteiger partial charge < -0.3 is 0 Å². The summed E-state index contributed by atoms with van der Waals surface area (Å²) < 4.78 is 26.2. The fraction of sp³-hybridized carbons (Fsp3) is 0.0769. The lowest BCUT2D eigenvalue weighted by Gasteiger charge is -2.19. The van der Waals surface area contributed by atoms with Crippen molar-refractivity contribution in [1.29, 1.82) is 0 Å². The van der Waals surface area contributed by atoms with E-state index in [0.717, 1.165) is 11.3 Å². The standard InChI is InChI=1S/C13H10F2N2/c14-10-2-1-3-12(7-10)17-13-5-4-11(15)6-9(13)8-16-17/h1-7,16H,8H2. The molecular formula is C13H10F2N2. The lowest BCUT2D eigenvalue weighted by molar-refractivity contribution is 0.626. The second-order valence-electron chi connectivity index (χ2n) is 3.92. The molecule has 0 amide bonds. The highest BCUT2D eigenvalue weighted by atomic mass is 19.1. The first kappa shape index (κ1) is 10.2. The third-order valence-electron chi connectivity index (χ3n) is 2.78. The Morgan fingerprint density at radius 3 is 2.65 bits per heavy atom. The smallest absolute Gasteiger partial charge is 0.125 e. The number of hydrogen-bond donors (Lipinski definition) is 1. The molecule has 2 aromatic rings. The minimum absolute atomic E-state index is 0.258. The molecule has 4 heteroatoms. The molecule has 1 aliphatic rings. The zero-order chi connectivity index (χ0) is 11.8. The van der Waals surface area contributed by atoms with Crippen molar-refractivity contribution in [3.8, 4) is 0 Å². The van der Waals surface area contributed by atoms with Crippen LogP contribution in [0.1, 0.15) is 5.56 Å². The van der Waals surface area contributed by atoms with Crippen molar-refractivity contribution in [1.82, 2.24) is 5.43 Å². The summed E-state index contributed by atoms with van der Waals surface area (Å²) in [5.41, 5.74) is 5.52. The van der Waals surface area contributed by atoms with Crippen LogP contribution in [-0.2, 0) is 6.54 Å². The highest BCUT2D eigenvalue weighted by molar-refractivity contribution is 5.67. The summed E-state index contributed by atoms with van der Waals surface area (Å²) in [4.78, 5) is 0. The van der Waals surface area contributed by atoms with E-state index in [1.807, 2.05) is 0 Å². The van der Waals surface area contributed by atoms with Crippen molar-refractivity contribution >= 4 is 11.4 Å². The SMILES string of the molecule is Fc1cccc(N2NCc3cc(F)ccc32)c1. The molecule has 0 unspecified atom stereocenters. The van der Waals surface area contributed by atoms with Crippen molar-refractivity contribution in [2.75, 3.05) is 5.01 Å². The van der Waals surface area contributed by atoms with Crippen LogP contribution in [0.4, 0.5) is 20.2 Å². The number of hydrogen-bond acceptors (Lipinski definition) is 2. The minimum Gasteiger partial charge on any atom is -0.276 e. The van der Waals surface area contributed by atoms with E-state index in [9.17, 15) is 8.78 Å². The van der Waals surface area contributed by atoms with Gasteiger partial charge >= 0.3 is 0 Å². The van der Waals surface area contributed by atoms with Gasteiger partial charge in [0, 0.05) is 6.54 Å². The first-order valence-electron chi connectivity index (χ1n) is 5.32. The van der Waals surface area contributed by atoms with Gasteiger partial charge in [0.05, 0.1) is 11.4 Å². The molecule has 1 aliphatic heterocycles. The highest BCUT2D eigenvalue weighted by Gasteiger charge is 2.20. The van der Waals surface area contributed by atoms with E-state index in [1.165, 1.54) is 24.3 Å². The predicted molar refractivity (Wildman–Crippen MR) is 61.8 cm³/mol. The largest absolute Gasteiger partial charge is 0.276 e. The van der Waals surface area contributed by atoms with Gasteiger partial charge in [-0.15, -0.1) is 0 Å². The van der Waals surface area contributed by atoms with Crippen LogP contribution in [0.25, 0.3) is 0 Å². The average Bonchev–Trinajstić information content (AvgIpc) is 2.71. The normalized spacial score (nSPS) is 13.9. The first-order valence-corrected chi connectivity index (χ1v) is 5.32. The summed E-state index contributed by atoms with van der Waals surface area (Å²) in [5, 5.41) is 1.76. The van der Waals surface area contributed by atoms with Gasteiger partial charge in [-0.3, -0.25) is 5.01 Å². The summed E-state index contributed by atoms with van der Waals surface area (Å²) in [7, 11) is 0. The maximum absolute atomic E-state index is 13.1. The number of anilines is 2. The third kappa shape index (κ3) is 1.76. The quantitative estimate of drug-likeness (QED) is 0.812. The second-order valence-corrected chi connectivity index (χ2v) is 3.92. The summed E-state index contributed by atoms with van der Waals surface area (Å²) in [5.74, 6) is -0.550. The maximum Gasteiger partial charge on any atom is 0.125 e. The zero-order valence-electron chi connectivity index (χ0n) is 8.95. The predicted octanol–water partition coefficient (Wildman–Crippen LogP) is 3.12. The van der Waals surface area contributed by atoms with Crippen molar-refractivity contribution in [3.63, 3.8) is 0 Å². The van der Waals surface area contributed by atoms with Gasteiger partial charge in [-0.2, -0.15) is 0 Å². The van der Waals surface area contributed by atoms with Crippen molar-refractivity contribution < 1.29 is 8.78 Å². The van der Waals surface area contributed by atoms with Crippen LogP contribution in [0.5, 0.6) is 0 Å². The van der Waals surface area contributed by atoms with Crippen LogP contribution in [-0.4, -0.2) is 0 Å². The van der Waals surface area contributed by atoms with Gasteiger partial charge in [-0.25, -0.2) is 14.2 Å². The lowest BCUT2D eigenvalue weighted by atomic mass is 10.2. The van der Waals surface area contributed by atoms with E-state index in [1.54, 1.807) is 23.2 Å². The number of rotatable bonds is 1. The van der Waals surface area contributed by atoms with Crippen LogP contribution >= 0.6 is 0 Å². The van der Waals surface area contributed by atoms with Gasteiger partial charge in [0.25, 0.3) is 0 Å². The Morgan fingerprint density at radius 1 is 1.00 bits per heavy atom. The molecule has 0 saturated heterocycles. The molecule has 0 aromatic heterocycles. The molecule has 1 heterocycles. The molecule has 0 saturated carbocycles. The minimum atomic E-state index is -0.292. The topological polar surface area (TPSA) is 15.3 Å². The van der Waals surface area contributed by atoms with Crippen LogP contribution < -0.4 is 10.4 Å². The molecule has 0 spiro atoms. The molecule has 3 rings (SSSR count). The number of halogens is 2. The van der Waals surface area contributed by atoms with Gasteiger partial charge in [-0.1, -0.05) is 6.07 Å². The molecule has 0 radical (unpaired) electrons. The Hall–Kier alpha value is -1.94. The zero-order valence-corrected chi connectivity index (χ0v) is 8.95. The number of hydrazine groups is 1. The van der Waals surface area contributed by atoms with Gasteiger partial charge in [0.15, 0.2) is 0 Å². The molecule has 0 bridgehead atoms. The monoisotopic (exact) mass is 232 g/mol. The van der Waals surface area contributed by atoms with Crippen molar-refractivity contribution in [2.24, 2.45) is 0 Å². The summed E-state index contributed by atoms with van der Waals surface area (Å²) >= 11 is 0. The van der Waals surface area contributed by atoms with Crippen LogP contribution in [0.15, 0.2) is 42.5 Å². The Labute approximate surface area is 97.5 Å². The average molecular weight is 232 g/mol. The van der Waals surface area contributed by atoms with Crippen molar-refractivity contribution in [3.05, 3.63) is 59.7 Å². The Bertz CT molecular complexity index is 569. The molecule has 1 N–H and O–H groups in total. The van der Waals surface area contributed by atoms with E-state index in [2.05, 4.69) is 5.43 Å². The van der Waals surface area contributed by atoms with E-state index in [-0.39, 0.29) is 11.6 Å². The molecule has 2 nitrogen and oxygen atoms in total. The van der Waals surface area contributed by atoms with Gasteiger partial charge in [0.2, 0.25) is 0 Å². The first-order chi connectivity index (χ1) is 8.24. The second kappa shape index (κ2) is 3.82. The molecule has 0 aliphatic carbocycles. The number of nitrogens with one attached hydrogen (secondary N) is 1. The van der Waals surface area contributed by atoms with E-state index >= 15 is 0 Å². The van der Waals surface area contributed by atoms with Crippen molar-refractivity contribution in [2.45, 2.75) is 6.54 Å². The van der Waals surface area contributed by atoms with Crippen LogP contribution in [0, 0.1) is 11.6 Å². The molecule has 0 fully saturated rings. The Kier molecular flexibility index (Phi) is 2.30. The summed E-state index contributed by atoms with van der Waals surface area (Å²) in [6.45, 7) is 0.545. The molecule has 86 valence electrons. The molecule has 17 heavy (non-hydrogen) atoms. The summed E-state index contributed by atoms with van der Waals surface area (Å²) in [6, 6.07) is 10.9. The molecule has 0 atom stereocenters. The fourth-order valence-electron chi connectivity index (χ4n) is 2.01. The van der Waals surface area contributed by atoms with Crippen LogP contribution in [0.3, 0.4) is 0 Å². The molecular weight excluding hydrogens is 222 g/mol. The lowest BCUT2D eigenvalue weighted by Crippen LogP contribution is -2.26. The highest BCUT2D eigenvalue weighted by Crippen LogP contribution is 2.32. The fourth-order valence-corrected chi connectivity index (χ4v) is 2.01. The van der Waals surface area contributed by atoms with E-state index < -0.39 is 0 Å². The number of fused-ring (bicyclic) bond motifs is 1. The van der Waals surface area contributed by atoms with Gasteiger partial charge in [-0.05, 0) is 42.0 Å². The van der Waals surface area contributed by atoms with Crippen LogP contribution in [0.2, 0.25) is 0 Å².